The van der Waals surface area contributed by atoms with Gasteiger partial charge in [-0.2, -0.15) is 5.70 Å². The summed E-state index contributed by atoms with van der Waals surface area (Å²) in [5, 5.41) is 36.4. The fourth-order valence-electron chi connectivity index (χ4n) is 15.3. The van der Waals surface area contributed by atoms with Crippen LogP contribution in [-0.2, 0) is 68.7 Å². The first-order valence-electron chi connectivity index (χ1n) is 30.7. The number of aliphatic hydroxyl groups is 2. The molecule has 30 heteroatoms. The largest absolute Gasteiger partial charge is 3.00 e. The molecule has 1 aromatic carbocycles. The van der Waals surface area contributed by atoms with E-state index in [-0.39, 0.29) is 94.0 Å². The van der Waals surface area contributed by atoms with E-state index in [0.29, 0.717) is 56.4 Å². The summed E-state index contributed by atoms with van der Waals surface area (Å²) in [5.41, 5.74) is 36.7. The summed E-state index contributed by atoms with van der Waals surface area (Å²) in [5.74, 6) is -7.40. The molecule has 7 amide bonds. The maximum Gasteiger partial charge on any atom is 3.00 e. The number of aliphatic imine (C=N–C) groups is 3. The van der Waals surface area contributed by atoms with Gasteiger partial charge in [-0.25, -0.2) is 4.98 Å². The van der Waals surface area contributed by atoms with Crippen LogP contribution < -0.4 is 44.6 Å². The molecule has 8 rings (SSSR count). The number of rotatable bonds is 26. The van der Waals surface area contributed by atoms with Gasteiger partial charge in [-0.05, 0) is 119 Å². The molecule has 1 aromatic heterocycles. The molecule has 7 heterocycles. The minimum Gasteiger partial charge on any atom is -0.756 e. The number of aryl methyl sites for hydroxylation is 2. The van der Waals surface area contributed by atoms with E-state index in [1.807, 2.05) is 80.5 Å². The summed E-state index contributed by atoms with van der Waals surface area (Å²) in [6, 6.07) is 2.65. The number of phosphoric acid groups is 1. The third-order valence-corrected chi connectivity index (χ3v) is 21.6. The van der Waals surface area contributed by atoms with Crippen molar-refractivity contribution in [2.24, 2.45) is 94.7 Å². The molecule has 0 aliphatic carbocycles. The van der Waals surface area contributed by atoms with Crippen molar-refractivity contribution in [3.05, 3.63) is 75.8 Å². The number of aliphatic hydroxyl groups excluding tert-OH is 2. The molecule has 28 nitrogen and oxygen atoms in total. The van der Waals surface area contributed by atoms with Crippen LogP contribution in [0.15, 0.2) is 67.8 Å². The number of nitrogens with one attached hydrogen (secondary N) is 1. The van der Waals surface area contributed by atoms with Gasteiger partial charge in [0.15, 0.2) is 6.23 Å². The van der Waals surface area contributed by atoms with Gasteiger partial charge < -0.3 is 90.3 Å². The van der Waals surface area contributed by atoms with E-state index >= 15 is 0 Å². The normalized spacial score (nSPS) is 32.6. The van der Waals surface area contributed by atoms with Crippen LogP contribution in [0.1, 0.15) is 150 Å². The predicted octanol–water partition coefficient (Wildman–Crippen LogP) is 3.41. The van der Waals surface area contributed by atoms with Crippen LogP contribution in [0, 0.1) is 71.0 Å². The molecule has 15 N–H and O–H groups in total. The zero-order valence-corrected chi connectivity index (χ0v) is 56.4. The Morgan fingerprint density at radius 1 is 0.806 bits per heavy atom. The summed E-state index contributed by atoms with van der Waals surface area (Å²) in [4.78, 5) is 128. The van der Waals surface area contributed by atoms with Crippen molar-refractivity contribution in [2.75, 3.05) is 13.2 Å². The summed E-state index contributed by atoms with van der Waals surface area (Å²) >= 11 is 0. The molecule has 1 unspecified atom stereocenters. The van der Waals surface area contributed by atoms with E-state index in [9.17, 15) is 53.2 Å². The second-order valence-corrected chi connectivity index (χ2v) is 28.3. The predicted molar refractivity (Wildman–Crippen MR) is 337 cm³/mol. The second-order valence-electron chi connectivity index (χ2n) is 27.0. The van der Waals surface area contributed by atoms with Crippen molar-refractivity contribution in [1.82, 2.24) is 14.9 Å². The summed E-state index contributed by atoms with van der Waals surface area (Å²) in [6.07, 6.45) is -4.79. The van der Waals surface area contributed by atoms with Crippen molar-refractivity contribution >= 4 is 77.3 Å². The van der Waals surface area contributed by atoms with Crippen LogP contribution in [0.3, 0.4) is 0 Å². The number of carbonyl (C=O) groups is 7. The SMILES string of the molecule is C/C1=C2/[N-][C@@H]([C@H](CC(N)=O)[C@@]2(C)CCC(=O)NC[C@@H](C)OP(=O)([O-])O[C@@H]2[C@@H](O)[C@@H](n3cnc4cc(C)c(C)cc43)O[C@H]2CO)[C@]2(C)N=C(/C(C)=C3\N=C(C=C4N=C1[C@@H](CCC(N)=O)C4(C)C)[C@@H](CCC(N)=O)[C@]3(C)CC(N)=O)[C@@H](CCC(N)=O)[C@]2(C)CC(N)=O.[C-]#N.[Co+3]. The number of amides is 7. The van der Waals surface area contributed by atoms with E-state index in [1.165, 1.54) is 17.8 Å². The van der Waals surface area contributed by atoms with E-state index in [1.54, 1.807) is 6.92 Å². The molecule has 2 aromatic rings. The van der Waals surface area contributed by atoms with Crippen molar-refractivity contribution in [2.45, 2.75) is 189 Å². The molecular formula is C63H88CoN14O14P. The van der Waals surface area contributed by atoms with E-state index in [0.717, 1.165) is 11.1 Å². The number of fused-ring (bicyclic) bond motifs is 7. The first kappa shape index (κ1) is 75.0. The van der Waals surface area contributed by atoms with Crippen LogP contribution >= 0.6 is 7.82 Å². The topological polar surface area (TPSA) is 489 Å². The number of carbonyl (C=O) groups excluding carboxylic acids is 7. The number of imidazole rings is 1. The van der Waals surface area contributed by atoms with Crippen LogP contribution in [-0.4, -0.2) is 127 Å². The third kappa shape index (κ3) is 14.6. The molecule has 93 heavy (non-hydrogen) atoms. The van der Waals surface area contributed by atoms with Crippen molar-refractivity contribution in [3.8, 4) is 0 Å². The fraction of sp³-hybridized carbons (Fsp3) is 0.619. The van der Waals surface area contributed by atoms with Gasteiger partial charge in [0.2, 0.25) is 41.4 Å². The Labute approximate surface area is 551 Å². The van der Waals surface area contributed by atoms with Crippen molar-refractivity contribution < 1.29 is 83.8 Å². The quantitative estimate of drug-likeness (QED) is 0.0481. The average molecular weight is 1360 g/mol. The Morgan fingerprint density at radius 2 is 1.39 bits per heavy atom. The number of benzene rings is 1. The van der Waals surface area contributed by atoms with Crippen LogP contribution in [0.4, 0.5) is 0 Å². The minimum absolute atomic E-state index is 0. The second kappa shape index (κ2) is 28.5. The van der Waals surface area contributed by atoms with Gasteiger partial charge in [-0.15, -0.1) is 0 Å². The van der Waals surface area contributed by atoms with Crippen LogP contribution in [0.2, 0.25) is 0 Å². The zero-order chi connectivity index (χ0) is 68.7. The Bertz CT molecular complexity index is 3600. The number of aromatic nitrogens is 2. The van der Waals surface area contributed by atoms with E-state index < -0.39 is 143 Å². The number of primary amides is 6. The number of nitrogens with two attached hydrogens (primary N) is 6. The third-order valence-electron chi connectivity index (χ3n) is 20.5. The Balaban J connectivity index is 0.00000453. The number of allylic oxidation sites excluding steroid dienone is 6. The standard InChI is InChI=1S/C62H90N13O14P.CN.Co/c1-29-20-39-40(21-30(29)2)75(28-70-39)57-52(84)53(41(27-76)87-57)89-90(85,86)88-31(3)26-69-49(83)18-19-59(8)37(22-46(66)80)56-62(11)61(10,25-48(68)82)36(14-17-45(65)79)51(74-62)33(5)55-60(9,24-47(67)81)34(12-15-43(63)77)38(71-55)23-42-58(6,7)35(13-16-44(64)78)50(72-42)32(4)54(59)73-56;1-2;/h20-21,23,28,31,34-37,41,52-53,56-57,76,84H,12-19,22,24-27H2,1-11H3,(H15,63,64,65,66,67,68,69,71,72,73,74,77,78,79,80,81,82,83,85,86);;/q;-1;+3/p-2/t31-,34-,35-,36-,37+,41+,52-,53+,56+,57+,59-,60+,61+,62+;;/m1../s1. The molecule has 6 aliphatic heterocycles. The molecule has 2 fully saturated rings. The fourth-order valence-corrected chi connectivity index (χ4v) is 16.4. The Hall–Kier alpha value is -7.00. The van der Waals surface area contributed by atoms with Gasteiger partial charge in [0, 0.05) is 108 Å². The summed E-state index contributed by atoms with van der Waals surface area (Å²) in [6.45, 7) is 23.7. The molecular weight excluding hydrogens is 1270 g/mol. The smallest absolute Gasteiger partial charge is 0.756 e. The van der Waals surface area contributed by atoms with Gasteiger partial charge in [-0.3, -0.25) is 53.1 Å². The summed E-state index contributed by atoms with van der Waals surface area (Å²) < 4.78 is 31.9. The molecule has 0 saturated carbocycles. The molecule has 8 bridgehead atoms. The van der Waals surface area contributed by atoms with Gasteiger partial charge in [0.1, 0.15) is 18.3 Å². The first-order chi connectivity index (χ1) is 42.8. The van der Waals surface area contributed by atoms with Gasteiger partial charge in [-0.1, -0.05) is 40.7 Å². The average Bonchev–Trinajstić information content (AvgIpc) is 1.53. The number of phosphoric ester groups is 1. The molecule has 6 aliphatic rings. The van der Waals surface area contributed by atoms with Crippen molar-refractivity contribution in [3.63, 3.8) is 0 Å². The minimum atomic E-state index is -5.32. The van der Waals surface area contributed by atoms with Crippen molar-refractivity contribution in [1.29, 1.82) is 5.26 Å². The maximum atomic E-state index is 14.4. The van der Waals surface area contributed by atoms with Crippen LogP contribution in [0.5, 0.6) is 0 Å². The number of hydrogen-bond acceptors (Lipinski definition) is 19. The molecule has 0 spiro atoms. The first-order valence-corrected chi connectivity index (χ1v) is 32.2. The Kier molecular flexibility index (Phi) is 23.0. The molecule has 0 radical (unpaired) electrons. The number of nitrogens with zero attached hydrogens (tertiary/aromatic N) is 7. The van der Waals surface area contributed by atoms with E-state index in [2.05, 4.69) is 10.3 Å². The maximum absolute atomic E-state index is 14.4. The molecule has 2 saturated heterocycles. The Morgan fingerprint density at radius 3 is 1.96 bits per heavy atom. The van der Waals surface area contributed by atoms with Gasteiger partial charge >= 0.3 is 16.8 Å². The monoisotopic (exact) mass is 1350 g/mol. The van der Waals surface area contributed by atoms with Crippen LogP contribution in [0.25, 0.3) is 16.4 Å². The van der Waals surface area contributed by atoms with Gasteiger partial charge in [0.25, 0.3) is 7.82 Å². The zero-order valence-electron chi connectivity index (χ0n) is 54.4. The molecule has 15 atom stereocenters. The summed E-state index contributed by atoms with van der Waals surface area (Å²) in [7, 11) is -5.32. The van der Waals surface area contributed by atoms with Gasteiger partial charge in [0.05, 0.1) is 41.3 Å². The number of hydrogen-bond donors (Lipinski definition) is 9. The molecule has 508 valence electrons. The van der Waals surface area contributed by atoms with E-state index in [4.69, 9.17) is 80.3 Å². The number of ether oxygens (including phenoxy) is 1.